The largest absolute Gasteiger partial charge is 0.465 e. The standard InChI is InChI=1S/C25H28O3/c1-28-25(27)20-12-10-18(11-13-20)23(26)16-17-14-21-8-4-2-6-19-7-3-5-9-22(15-17)24(19)21/h10-15,19H,2-9,16H2,1H3. The van der Waals surface area contributed by atoms with Crippen LogP contribution in [0.2, 0.25) is 0 Å². The van der Waals surface area contributed by atoms with Crippen molar-refractivity contribution >= 4 is 11.8 Å². The SMILES string of the molecule is COC(=O)c1ccc(C(=O)Cc2cc3c4c(c2)CCCCC4CCCC3)cc1. The lowest BCUT2D eigenvalue weighted by Crippen LogP contribution is -2.08. The first-order valence-electron chi connectivity index (χ1n) is 10.5. The number of ketones is 1. The molecular formula is C25H28O3. The van der Waals surface area contributed by atoms with Crippen LogP contribution in [-0.4, -0.2) is 18.9 Å². The Kier molecular flexibility index (Phi) is 5.61. The van der Waals surface area contributed by atoms with Gasteiger partial charge < -0.3 is 4.74 Å². The van der Waals surface area contributed by atoms with Gasteiger partial charge in [0.05, 0.1) is 12.7 Å². The molecule has 0 atom stereocenters. The van der Waals surface area contributed by atoms with E-state index >= 15 is 0 Å². The molecule has 2 aliphatic carbocycles. The third-order valence-electron chi connectivity index (χ3n) is 6.31. The number of carbonyl (C=O) groups is 2. The highest BCUT2D eigenvalue weighted by atomic mass is 16.5. The normalized spacial score (nSPS) is 16.6. The van der Waals surface area contributed by atoms with Gasteiger partial charge in [-0.3, -0.25) is 4.79 Å². The van der Waals surface area contributed by atoms with E-state index in [1.54, 1.807) is 29.8 Å². The quantitative estimate of drug-likeness (QED) is 0.527. The Morgan fingerprint density at radius 3 is 2.04 bits per heavy atom. The van der Waals surface area contributed by atoms with Crippen molar-refractivity contribution in [2.24, 2.45) is 0 Å². The molecular weight excluding hydrogens is 348 g/mol. The number of rotatable bonds is 4. The van der Waals surface area contributed by atoms with Crippen LogP contribution in [0.5, 0.6) is 0 Å². The van der Waals surface area contributed by atoms with Crippen LogP contribution in [0.25, 0.3) is 0 Å². The molecule has 0 amide bonds. The van der Waals surface area contributed by atoms with Gasteiger partial charge in [-0.05, 0) is 78.8 Å². The van der Waals surface area contributed by atoms with Gasteiger partial charge in [-0.25, -0.2) is 4.79 Å². The molecule has 3 heteroatoms. The summed E-state index contributed by atoms with van der Waals surface area (Å²) in [4.78, 5) is 24.4. The Morgan fingerprint density at radius 2 is 1.46 bits per heavy atom. The average Bonchev–Trinajstić information content (AvgIpc) is 3.05. The maximum absolute atomic E-state index is 12.8. The van der Waals surface area contributed by atoms with Gasteiger partial charge in [0.1, 0.15) is 0 Å². The molecule has 0 saturated heterocycles. The van der Waals surface area contributed by atoms with Gasteiger partial charge in [0.2, 0.25) is 0 Å². The van der Waals surface area contributed by atoms with Crippen molar-refractivity contribution in [1.29, 1.82) is 0 Å². The molecule has 0 bridgehead atoms. The predicted molar refractivity (Wildman–Crippen MR) is 110 cm³/mol. The highest BCUT2D eigenvalue weighted by Gasteiger charge is 2.24. The summed E-state index contributed by atoms with van der Waals surface area (Å²) in [5, 5.41) is 0. The Bertz CT molecular complexity index is 846. The topological polar surface area (TPSA) is 43.4 Å². The van der Waals surface area contributed by atoms with Gasteiger partial charge >= 0.3 is 5.97 Å². The fourth-order valence-corrected chi connectivity index (χ4v) is 4.93. The second kappa shape index (κ2) is 8.30. The molecule has 2 aromatic rings. The lowest BCUT2D eigenvalue weighted by Gasteiger charge is -2.20. The van der Waals surface area contributed by atoms with E-state index in [0.29, 0.717) is 17.5 Å². The zero-order valence-corrected chi connectivity index (χ0v) is 16.6. The minimum Gasteiger partial charge on any atom is -0.465 e. The molecule has 0 spiro atoms. The van der Waals surface area contributed by atoms with E-state index in [1.165, 1.54) is 56.8 Å². The summed E-state index contributed by atoms with van der Waals surface area (Å²) < 4.78 is 4.72. The van der Waals surface area contributed by atoms with Crippen molar-refractivity contribution in [3.05, 3.63) is 69.8 Å². The molecule has 0 aromatic heterocycles. The van der Waals surface area contributed by atoms with Crippen LogP contribution in [0, 0.1) is 0 Å². The fraction of sp³-hybridized carbons (Fsp3) is 0.440. The van der Waals surface area contributed by atoms with E-state index in [4.69, 9.17) is 4.74 Å². The molecule has 0 heterocycles. The van der Waals surface area contributed by atoms with Gasteiger partial charge in [0, 0.05) is 12.0 Å². The van der Waals surface area contributed by atoms with Crippen molar-refractivity contribution < 1.29 is 14.3 Å². The van der Waals surface area contributed by atoms with Crippen LogP contribution in [0.3, 0.4) is 0 Å². The van der Waals surface area contributed by atoms with Crippen molar-refractivity contribution in [3.8, 4) is 0 Å². The highest BCUT2D eigenvalue weighted by molar-refractivity contribution is 5.98. The summed E-state index contributed by atoms with van der Waals surface area (Å²) in [6.07, 6.45) is 10.5. The van der Waals surface area contributed by atoms with E-state index in [9.17, 15) is 9.59 Å². The third-order valence-corrected chi connectivity index (χ3v) is 6.31. The van der Waals surface area contributed by atoms with Gasteiger partial charge in [-0.15, -0.1) is 0 Å². The number of aryl methyl sites for hydroxylation is 2. The zero-order valence-electron chi connectivity index (χ0n) is 16.6. The molecule has 2 aliphatic rings. The predicted octanol–water partition coefficient (Wildman–Crippen LogP) is 5.44. The fourth-order valence-electron chi connectivity index (χ4n) is 4.93. The molecule has 0 radical (unpaired) electrons. The molecule has 0 aliphatic heterocycles. The Hall–Kier alpha value is -2.42. The molecule has 0 unspecified atom stereocenters. The first kappa shape index (κ1) is 18.9. The summed E-state index contributed by atoms with van der Waals surface area (Å²) in [6.45, 7) is 0. The van der Waals surface area contributed by atoms with Crippen LogP contribution in [-0.2, 0) is 24.0 Å². The number of esters is 1. The molecule has 0 saturated carbocycles. The first-order valence-corrected chi connectivity index (χ1v) is 10.5. The lowest BCUT2D eigenvalue weighted by molar-refractivity contribution is 0.0600. The van der Waals surface area contributed by atoms with Crippen LogP contribution in [0.1, 0.15) is 87.4 Å². The van der Waals surface area contributed by atoms with Gasteiger partial charge in [-0.2, -0.15) is 0 Å². The molecule has 2 aromatic carbocycles. The van der Waals surface area contributed by atoms with E-state index < -0.39 is 0 Å². The number of Topliss-reactive ketones (excluding diaryl/α,β-unsaturated/α-hetero) is 1. The maximum atomic E-state index is 12.8. The number of hydrogen-bond donors (Lipinski definition) is 0. The monoisotopic (exact) mass is 376 g/mol. The van der Waals surface area contributed by atoms with Crippen molar-refractivity contribution in [1.82, 2.24) is 0 Å². The third kappa shape index (κ3) is 3.89. The molecule has 28 heavy (non-hydrogen) atoms. The summed E-state index contributed by atoms with van der Waals surface area (Å²) in [7, 11) is 1.36. The molecule has 3 nitrogen and oxygen atoms in total. The van der Waals surface area contributed by atoms with Gasteiger partial charge in [0.25, 0.3) is 0 Å². The summed E-state index contributed by atoms with van der Waals surface area (Å²) >= 11 is 0. The second-order valence-electron chi connectivity index (χ2n) is 8.19. The summed E-state index contributed by atoms with van der Waals surface area (Å²) in [6, 6.07) is 11.4. The van der Waals surface area contributed by atoms with Crippen LogP contribution in [0.4, 0.5) is 0 Å². The first-order chi connectivity index (χ1) is 13.7. The summed E-state index contributed by atoms with van der Waals surface area (Å²) in [5.74, 6) is 0.447. The number of carbonyl (C=O) groups excluding carboxylic acids is 2. The minimum atomic E-state index is -0.380. The van der Waals surface area contributed by atoms with E-state index in [0.717, 1.165) is 24.3 Å². The van der Waals surface area contributed by atoms with E-state index in [1.807, 2.05) is 0 Å². The molecule has 4 rings (SSSR count). The average molecular weight is 376 g/mol. The minimum absolute atomic E-state index is 0.0994. The van der Waals surface area contributed by atoms with E-state index in [-0.39, 0.29) is 11.8 Å². The maximum Gasteiger partial charge on any atom is 0.337 e. The Morgan fingerprint density at radius 1 is 0.893 bits per heavy atom. The van der Waals surface area contributed by atoms with Crippen molar-refractivity contribution in [2.75, 3.05) is 7.11 Å². The Labute approximate surface area is 167 Å². The van der Waals surface area contributed by atoms with Crippen molar-refractivity contribution in [2.45, 2.75) is 63.7 Å². The molecule has 146 valence electrons. The zero-order chi connectivity index (χ0) is 19.5. The molecule has 0 N–H and O–H groups in total. The van der Waals surface area contributed by atoms with Gasteiger partial charge in [-0.1, -0.05) is 37.1 Å². The smallest absolute Gasteiger partial charge is 0.337 e. The van der Waals surface area contributed by atoms with Gasteiger partial charge in [0.15, 0.2) is 5.78 Å². The number of hydrogen-bond acceptors (Lipinski definition) is 3. The van der Waals surface area contributed by atoms with Crippen LogP contribution in [0.15, 0.2) is 36.4 Å². The summed E-state index contributed by atoms with van der Waals surface area (Å²) in [5.41, 5.74) is 6.85. The molecule has 0 fully saturated rings. The number of benzene rings is 2. The lowest BCUT2D eigenvalue weighted by atomic mass is 9.85. The van der Waals surface area contributed by atoms with E-state index in [2.05, 4.69) is 12.1 Å². The van der Waals surface area contributed by atoms with Crippen LogP contribution < -0.4 is 0 Å². The van der Waals surface area contributed by atoms with Crippen LogP contribution >= 0.6 is 0 Å². The number of methoxy groups -OCH3 is 1. The second-order valence-corrected chi connectivity index (χ2v) is 8.19. The highest BCUT2D eigenvalue weighted by Crippen LogP contribution is 2.40. The number of ether oxygens (including phenoxy) is 1. The van der Waals surface area contributed by atoms with Crippen molar-refractivity contribution in [3.63, 3.8) is 0 Å². The Balaban J connectivity index is 1.58.